The highest BCUT2D eigenvalue weighted by Gasteiger charge is 2.03. The Morgan fingerprint density at radius 2 is 1.92 bits per heavy atom. The molecule has 12 heavy (non-hydrogen) atoms. The molecule has 0 aliphatic heterocycles. The van der Waals surface area contributed by atoms with Gasteiger partial charge in [-0.1, -0.05) is 26.7 Å². The third-order valence-electron chi connectivity index (χ3n) is 2.06. The first-order chi connectivity index (χ1) is 5.85. The van der Waals surface area contributed by atoms with Crippen LogP contribution in [0.15, 0.2) is 0 Å². The van der Waals surface area contributed by atoms with Gasteiger partial charge in [-0.2, -0.15) is 5.26 Å². The fourth-order valence-corrected chi connectivity index (χ4v) is 3.16. The maximum Gasteiger partial charge on any atom is 0.0625 e. The summed E-state index contributed by atoms with van der Waals surface area (Å²) >= 11 is 0. The van der Waals surface area contributed by atoms with Gasteiger partial charge < -0.3 is 0 Å². The normalized spacial score (nSPS) is 12.4. The monoisotopic (exact) mass is 185 g/mol. The van der Waals surface area contributed by atoms with E-state index in [2.05, 4.69) is 19.9 Å². The number of hydrogen-bond acceptors (Lipinski definition) is 1. The van der Waals surface area contributed by atoms with Gasteiger partial charge >= 0.3 is 0 Å². The number of nitrogens with zero attached hydrogens (tertiary/aromatic N) is 1. The molecule has 0 aromatic carbocycles. The van der Waals surface area contributed by atoms with Gasteiger partial charge in [0.25, 0.3) is 0 Å². The predicted molar refractivity (Wildman–Crippen MR) is 57.0 cm³/mol. The van der Waals surface area contributed by atoms with Crippen LogP contribution in [0.3, 0.4) is 0 Å². The molecule has 0 spiro atoms. The van der Waals surface area contributed by atoms with E-state index in [9.17, 15) is 0 Å². The lowest BCUT2D eigenvalue weighted by Gasteiger charge is -2.12. The fraction of sp³-hybridized carbons (Fsp3) is 0.900. The quantitative estimate of drug-likeness (QED) is 0.439. The SMILES string of the molecule is CCCCCP(CC)CCC#N. The molecule has 0 amide bonds. The van der Waals surface area contributed by atoms with E-state index in [1.165, 1.54) is 37.7 Å². The number of rotatable bonds is 7. The van der Waals surface area contributed by atoms with E-state index in [1.54, 1.807) is 0 Å². The van der Waals surface area contributed by atoms with Crippen LogP contribution < -0.4 is 0 Å². The Labute approximate surface area is 77.9 Å². The third-order valence-corrected chi connectivity index (χ3v) is 4.76. The molecule has 70 valence electrons. The van der Waals surface area contributed by atoms with Crippen LogP contribution in [0.2, 0.25) is 0 Å². The molecule has 0 aliphatic carbocycles. The molecule has 2 heteroatoms. The maximum atomic E-state index is 8.44. The van der Waals surface area contributed by atoms with Crippen LogP contribution in [0.1, 0.15) is 39.5 Å². The summed E-state index contributed by atoms with van der Waals surface area (Å²) < 4.78 is 0. The summed E-state index contributed by atoms with van der Waals surface area (Å²) in [6.45, 7) is 4.50. The van der Waals surface area contributed by atoms with Crippen LogP contribution in [0.4, 0.5) is 0 Å². The molecule has 1 nitrogen and oxygen atoms in total. The van der Waals surface area contributed by atoms with E-state index in [1.807, 2.05) is 0 Å². The van der Waals surface area contributed by atoms with Crippen molar-refractivity contribution in [2.24, 2.45) is 0 Å². The van der Waals surface area contributed by atoms with E-state index in [4.69, 9.17) is 5.26 Å². The molecule has 0 aliphatic rings. The van der Waals surface area contributed by atoms with Gasteiger partial charge in [-0.25, -0.2) is 0 Å². The second-order valence-corrected chi connectivity index (χ2v) is 5.92. The zero-order valence-corrected chi connectivity index (χ0v) is 9.24. The van der Waals surface area contributed by atoms with Crippen LogP contribution in [0.25, 0.3) is 0 Å². The molecule has 0 aromatic heterocycles. The van der Waals surface area contributed by atoms with Crippen LogP contribution in [-0.4, -0.2) is 18.5 Å². The van der Waals surface area contributed by atoms with Crippen molar-refractivity contribution in [3.8, 4) is 6.07 Å². The zero-order valence-electron chi connectivity index (χ0n) is 8.34. The Kier molecular flexibility index (Phi) is 8.95. The Balaban J connectivity index is 3.34. The summed E-state index contributed by atoms with van der Waals surface area (Å²) in [5.74, 6) is 0. The summed E-state index contributed by atoms with van der Waals surface area (Å²) in [5, 5.41) is 8.44. The van der Waals surface area contributed by atoms with Gasteiger partial charge in [0.05, 0.1) is 6.07 Å². The molecule has 0 bridgehead atoms. The van der Waals surface area contributed by atoms with Crippen molar-refractivity contribution >= 4 is 7.92 Å². The van der Waals surface area contributed by atoms with E-state index >= 15 is 0 Å². The fourth-order valence-electron chi connectivity index (χ4n) is 1.22. The summed E-state index contributed by atoms with van der Waals surface area (Å²) in [4.78, 5) is 0. The van der Waals surface area contributed by atoms with Crippen LogP contribution >= 0.6 is 7.92 Å². The Morgan fingerprint density at radius 1 is 1.17 bits per heavy atom. The molecule has 1 atom stereocenters. The molecule has 0 rings (SSSR count). The van der Waals surface area contributed by atoms with Gasteiger partial charge in [0, 0.05) is 6.42 Å². The molecule has 0 saturated carbocycles. The first-order valence-electron chi connectivity index (χ1n) is 4.94. The van der Waals surface area contributed by atoms with Crippen molar-refractivity contribution in [3.63, 3.8) is 0 Å². The van der Waals surface area contributed by atoms with Crippen molar-refractivity contribution < 1.29 is 0 Å². The standard InChI is InChI=1S/C10H20NP/c1-3-5-6-9-12(4-2)10-7-8-11/h3-7,9-10H2,1-2H3. The van der Waals surface area contributed by atoms with Gasteiger partial charge in [-0.15, -0.1) is 7.92 Å². The van der Waals surface area contributed by atoms with Gasteiger partial charge in [-0.05, 0) is 24.9 Å². The molecule has 0 N–H and O–H groups in total. The van der Waals surface area contributed by atoms with Crippen LogP contribution in [-0.2, 0) is 0 Å². The van der Waals surface area contributed by atoms with Crippen molar-refractivity contribution in [2.45, 2.75) is 39.5 Å². The first-order valence-corrected chi connectivity index (χ1v) is 6.84. The molecule has 0 saturated heterocycles. The second kappa shape index (κ2) is 9.01. The van der Waals surface area contributed by atoms with Crippen molar-refractivity contribution in [2.75, 3.05) is 18.5 Å². The predicted octanol–water partition coefficient (Wildman–Crippen LogP) is 3.59. The van der Waals surface area contributed by atoms with E-state index in [0.29, 0.717) is 0 Å². The van der Waals surface area contributed by atoms with Crippen molar-refractivity contribution in [1.29, 1.82) is 5.26 Å². The number of hydrogen-bond donors (Lipinski definition) is 0. The maximum absolute atomic E-state index is 8.44. The molecule has 0 fully saturated rings. The first kappa shape index (κ1) is 11.9. The summed E-state index contributed by atoms with van der Waals surface area (Å²) in [5.41, 5.74) is 0. The zero-order chi connectivity index (χ0) is 9.23. The lowest BCUT2D eigenvalue weighted by atomic mass is 10.3. The highest BCUT2D eigenvalue weighted by Crippen LogP contribution is 2.36. The topological polar surface area (TPSA) is 23.8 Å². The van der Waals surface area contributed by atoms with Gasteiger partial charge in [0.2, 0.25) is 0 Å². The van der Waals surface area contributed by atoms with Gasteiger partial charge in [0.15, 0.2) is 0 Å². The molecular formula is C10H20NP. The van der Waals surface area contributed by atoms with E-state index in [-0.39, 0.29) is 7.92 Å². The van der Waals surface area contributed by atoms with Crippen LogP contribution in [0.5, 0.6) is 0 Å². The largest absolute Gasteiger partial charge is 0.198 e. The Bertz CT molecular complexity index is 128. The minimum Gasteiger partial charge on any atom is -0.198 e. The van der Waals surface area contributed by atoms with Crippen molar-refractivity contribution in [1.82, 2.24) is 0 Å². The molecule has 0 radical (unpaired) electrons. The smallest absolute Gasteiger partial charge is 0.0625 e. The van der Waals surface area contributed by atoms with E-state index in [0.717, 1.165) is 6.42 Å². The highest BCUT2D eigenvalue weighted by atomic mass is 31.1. The minimum absolute atomic E-state index is 0.202. The second-order valence-electron chi connectivity index (χ2n) is 3.05. The summed E-state index contributed by atoms with van der Waals surface area (Å²) in [6, 6.07) is 2.24. The number of unbranched alkanes of at least 4 members (excludes halogenated alkanes) is 2. The number of nitriles is 1. The minimum atomic E-state index is 0.202. The lowest BCUT2D eigenvalue weighted by Crippen LogP contribution is -1.92. The van der Waals surface area contributed by atoms with E-state index < -0.39 is 0 Å². The molecular weight excluding hydrogens is 165 g/mol. The molecule has 1 unspecified atom stereocenters. The van der Waals surface area contributed by atoms with Crippen LogP contribution in [0, 0.1) is 11.3 Å². The molecule has 0 aromatic rings. The summed E-state index contributed by atoms with van der Waals surface area (Å²) in [7, 11) is 0.202. The lowest BCUT2D eigenvalue weighted by molar-refractivity contribution is 0.775. The van der Waals surface area contributed by atoms with Crippen molar-refractivity contribution in [3.05, 3.63) is 0 Å². The third kappa shape index (κ3) is 6.62. The average molecular weight is 185 g/mol. The average Bonchev–Trinajstić information content (AvgIpc) is 2.11. The summed E-state index contributed by atoms with van der Waals surface area (Å²) in [6.07, 6.45) is 8.69. The van der Waals surface area contributed by atoms with Gasteiger partial charge in [-0.3, -0.25) is 0 Å². The Morgan fingerprint density at radius 3 is 2.42 bits per heavy atom. The van der Waals surface area contributed by atoms with Gasteiger partial charge in [0.1, 0.15) is 0 Å². The molecule has 0 heterocycles. The Hall–Kier alpha value is -0.0800. The highest BCUT2D eigenvalue weighted by molar-refractivity contribution is 7.57.